The number of nitrogens with one attached hydrogen (secondary N) is 1. The van der Waals surface area contributed by atoms with Crippen LogP contribution in [0.1, 0.15) is 30.7 Å². The number of likely N-dealkylation sites (tertiary alicyclic amines) is 1. The van der Waals surface area contributed by atoms with Gasteiger partial charge in [0.2, 0.25) is 17.6 Å². The third-order valence-corrected chi connectivity index (χ3v) is 6.61. The third kappa shape index (κ3) is 6.37. The Balaban J connectivity index is 1.14. The summed E-state index contributed by atoms with van der Waals surface area (Å²) in [6.07, 6.45) is 2.78. The molecule has 3 heterocycles. The number of aryl methyl sites for hydroxylation is 1. The quantitative estimate of drug-likeness (QED) is 0.629. The van der Waals surface area contributed by atoms with E-state index in [9.17, 15) is 4.79 Å². The lowest BCUT2D eigenvalue weighted by Gasteiger charge is -2.32. The molecular formula is C24H36N6O2. The minimum atomic E-state index is 0.112. The van der Waals surface area contributed by atoms with E-state index in [2.05, 4.69) is 56.3 Å². The summed E-state index contributed by atoms with van der Waals surface area (Å²) < 4.78 is 5.47. The van der Waals surface area contributed by atoms with Gasteiger partial charge in [-0.15, -0.1) is 0 Å². The fourth-order valence-corrected chi connectivity index (χ4v) is 4.50. The number of benzene rings is 1. The molecule has 0 bridgehead atoms. The fourth-order valence-electron chi connectivity index (χ4n) is 4.50. The van der Waals surface area contributed by atoms with Gasteiger partial charge >= 0.3 is 0 Å². The monoisotopic (exact) mass is 440 g/mol. The standard InChI is InChI=1S/C24H36N6O2/c1-19-5-3-6-21(17-19)23-26-22(32-27-23)18-30-11-7-20(8-12-30)24(31)25-9-4-10-29-15-13-28(2)14-16-29/h3,5-6,17,20H,4,7-16,18H2,1-2H3,(H,25,31). The number of hydrogen-bond donors (Lipinski definition) is 1. The number of nitrogens with zero attached hydrogens (tertiary/aromatic N) is 5. The number of rotatable bonds is 8. The van der Waals surface area contributed by atoms with Crippen molar-refractivity contribution in [3.05, 3.63) is 35.7 Å². The Labute approximate surface area is 190 Å². The van der Waals surface area contributed by atoms with Gasteiger partial charge in [-0.25, -0.2) is 0 Å². The molecule has 2 aliphatic heterocycles. The third-order valence-electron chi connectivity index (χ3n) is 6.61. The van der Waals surface area contributed by atoms with Crippen LogP contribution < -0.4 is 5.32 Å². The SMILES string of the molecule is Cc1cccc(-c2noc(CN3CCC(C(=O)NCCCN4CCN(C)CC4)CC3)n2)c1. The maximum atomic E-state index is 12.6. The van der Waals surface area contributed by atoms with Gasteiger partial charge in [0, 0.05) is 44.2 Å². The van der Waals surface area contributed by atoms with Crippen LogP contribution in [0.3, 0.4) is 0 Å². The van der Waals surface area contributed by atoms with Crippen molar-refractivity contribution >= 4 is 5.91 Å². The molecule has 174 valence electrons. The number of piperazine rings is 1. The van der Waals surface area contributed by atoms with Crippen LogP contribution in [0.4, 0.5) is 0 Å². The molecule has 0 saturated carbocycles. The first-order chi connectivity index (χ1) is 15.6. The highest BCUT2D eigenvalue weighted by molar-refractivity contribution is 5.78. The highest BCUT2D eigenvalue weighted by atomic mass is 16.5. The normalized spacial score (nSPS) is 19.3. The van der Waals surface area contributed by atoms with Gasteiger partial charge in [0.15, 0.2) is 0 Å². The molecule has 1 aromatic carbocycles. The van der Waals surface area contributed by atoms with Crippen molar-refractivity contribution in [2.75, 3.05) is 59.4 Å². The van der Waals surface area contributed by atoms with Crippen LogP contribution in [0.5, 0.6) is 0 Å². The van der Waals surface area contributed by atoms with E-state index in [1.54, 1.807) is 0 Å². The van der Waals surface area contributed by atoms with Crippen molar-refractivity contribution < 1.29 is 9.32 Å². The number of amides is 1. The van der Waals surface area contributed by atoms with Crippen LogP contribution in [-0.4, -0.2) is 90.2 Å². The van der Waals surface area contributed by atoms with Crippen molar-refractivity contribution in [1.29, 1.82) is 0 Å². The Morgan fingerprint density at radius 2 is 1.91 bits per heavy atom. The Kier molecular flexibility index (Phi) is 7.89. The molecule has 2 aromatic rings. The molecular weight excluding hydrogens is 404 g/mol. The number of carbonyl (C=O) groups excluding carboxylic acids is 1. The lowest BCUT2D eigenvalue weighted by Crippen LogP contribution is -2.45. The summed E-state index contributed by atoms with van der Waals surface area (Å²) in [7, 11) is 2.17. The zero-order chi connectivity index (χ0) is 22.3. The molecule has 2 fully saturated rings. The van der Waals surface area contributed by atoms with E-state index in [0.717, 1.165) is 77.2 Å². The van der Waals surface area contributed by atoms with Crippen LogP contribution in [0, 0.1) is 12.8 Å². The summed E-state index contributed by atoms with van der Waals surface area (Å²) >= 11 is 0. The average molecular weight is 441 g/mol. The lowest BCUT2D eigenvalue weighted by atomic mass is 9.96. The summed E-state index contributed by atoms with van der Waals surface area (Å²) in [5, 5.41) is 7.29. The first-order valence-corrected chi connectivity index (χ1v) is 11.9. The van der Waals surface area contributed by atoms with E-state index in [0.29, 0.717) is 18.3 Å². The second-order valence-corrected chi connectivity index (χ2v) is 9.22. The fraction of sp³-hybridized carbons (Fsp3) is 0.625. The number of carbonyl (C=O) groups is 1. The number of aromatic nitrogens is 2. The molecule has 0 spiro atoms. The molecule has 1 aromatic heterocycles. The van der Waals surface area contributed by atoms with E-state index < -0.39 is 0 Å². The Morgan fingerprint density at radius 3 is 2.66 bits per heavy atom. The molecule has 1 N–H and O–H groups in total. The molecule has 0 unspecified atom stereocenters. The highest BCUT2D eigenvalue weighted by Crippen LogP contribution is 2.21. The Hall–Kier alpha value is -2.29. The molecule has 4 rings (SSSR count). The van der Waals surface area contributed by atoms with E-state index in [1.807, 2.05) is 12.1 Å². The van der Waals surface area contributed by atoms with E-state index in [1.165, 1.54) is 5.56 Å². The van der Waals surface area contributed by atoms with Gasteiger partial charge in [-0.1, -0.05) is 28.9 Å². The molecule has 0 radical (unpaired) electrons. The highest BCUT2D eigenvalue weighted by Gasteiger charge is 2.26. The summed E-state index contributed by atoms with van der Waals surface area (Å²) in [6.45, 7) is 10.8. The molecule has 8 heteroatoms. The van der Waals surface area contributed by atoms with Crippen molar-refractivity contribution in [2.24, 2.45) is 5.92 Å². The lowest BCUT2D eigenvalue weighted by molar-refractivity contribution is -0.126. The topological polar surface area (TPSA) is 77.7 Å². The van der Waals surface area contributed by atoms with Gasteiger partial charge in [-0.05, 0) is 58.9 Å². The van der Waals surface area contributed by atoms with E-state index in [4.69, 9.17) is 4.52 Å². The van der Waals surface area contributed by atoms with Crippen LogP contribution in [0.25, 0.3) is 11.4 Å². The summed E-state index contributed by atoms with van der Waals surface area (Å²) in [5.74, 6) is 1.59. The zero-order valence-corrected chi connectivity index (χ0v) is 19.4. The minimum absolute atomic E-state index is 0.112. The molecule has 1 amide bonds. The van der Waals surface area contributed by atoms with Crippen LogP contribution in [0.15, 0.2) is 28.8 Å². The van der Waals surface area contributed by atoms with Crippen molar-refractivity contribution in [3.63, 3.8) is 0 Å². The van der Waals surface area contributed by atoms with Gasteiger partial charge < -0.3 is 19.6 Å². The number of likely N-dealkylation sites (N-methyl/N-ethyl adjacent to an activating group) is 1. The summed E-state index contributed by atoms with van der Waals surface area (Å²) in [4.78, 5) is 24.3. The van der Waals surface area contributed by atoms with Crippen LogP contribution in [-0.2, 0) is 11.3 Å². The molecule has 0 aliphatic carbocycles. The first kappa shape index (κ1) is 22.9. The van der Waals surface area contributed by atoms with Crippen molar-refractivity contribution in [1.82, 2.24) is 30.2 Å². The van der Waals surface area contributed by atoms with Gasteiger partial charge in [0.05, 0.1) is 6.54 Å². The van der Waals surface area contributed by atoms with Gasteiger partial charge in [-0.3, -0.25) is 9.69 Å². The van der Waals surface area contributed by atoms with Crippen LogP contribution >= 0.6 is 0 Å². The smallest absolute Gasteiger partial charge is 0.241 e. The summed E-state index contributed by atoms with van der Waals surface area (Å²) in [6, 6.07) is 8.11. The van der Waals surface area contributed by atoms with E-state index >= 15 is 0 Å². The minimum Gasteiger partial charge on any atom is -0.356 e. The molecule has 8 nitrogen and oxygen atoms in total. The Bertz CT molecular complexity index is 869. The second kappa shape index (κ2) is 11.0. The summed E-state index contributed by atoms with van der Waals surface area (Å²) in [5.41, 5.74) is 2.15. The van der Waals surface area contributed by atoms with Gasteiger partial charge in [-0.2, -0.15) is 4.98 Å². The molecule has 0 atom stereocenters. The number of piperidine rings is 1. The second-order valence-electron chi connectivity index (χ2n) is 9.22. The first-order valence-electron chi connectivity index (χ1n) is 11.9. The van der Waals surface area contributed by atoms with E-state index in [-0.39, 0.29) is 11.8 Å². The largest absolute Gasteiger partial charge is 0.356 e. The maximum Gasteiger partial charge on any atom is 0.241 e. The predicted octanol–water partition coefficient (Wildman–Crippen LogP) is 2.01. The Morgan fingerprint density at radius 1 is 1.12 bits per heavy atom. The average Bonchev–Trinajstić information content (AvgIpc) is 3.27. The molecule has 32 heavy (non-hydrogen) atoms. The predicted molar refractivity (Wildman–Crippen MR) is 124 cm³/mol. The van der Waals surface area contributed by atoms with Gasteiger partial charge in [0.1, 0.15) is 0 Å². The maximum absolute atomic E-state index is 12.6. The van der Waals surface area contributed by atoms with Gasteiger partial charge in [0.25, 0.3) is 0 Å². The van der Waals surface area contributed by atoms with Crippen LogP contribution in [0.2, 0.25) is 0 Å². The number of hydrogen-bond acceptors (Lipinski definition) is 7. The van der Waals surface area contributed by atoms with Crippen molar-refractivity contribution in [3.8, 4) is 11.4 Å². The molecule has 2 saturated heterocycles. The zero-order valence-electron chi connectivity index (χ0n) is 19.4. The molecule has 2 aliphatic rings. The van der Waals surface area contributed by atoms with Crippen molar-refractivity contribution in [2.45, 2.75) is 32.7 Å².